The van der Waals surface area contributed by atoms with Gasteiger partial charge in [0.1, 0.15) is 19.3 Å². The number of carbonyl (C=O) groups excluding carboxylic acids is 4. The lowest BCUT2D eigenvalue weighted by Gasteiger charge is -2.21. The van der Waals surface area contributed by atoms with Crippen molar-refractivity contribution in [1.29, 1.82) is 0 Å². The molecule has 0 aromatic heterocycles. The first kappa shape index (κ1) is 98.2. The van der Waals surface area contributed by atoms with Crippen LogP contribution in [0.15, 0.2) is 85.1 Å². The number of carbonyl (C=O) groups is 4. The van der Waals surface area contributed by atoms with E-state index in [1.165, 1.54) is 141 Å². The number of rotatable bonds is 77. The van der Waals surface area contributed by atoms with Gasteiger partial charge in [0.05, 0.1) is 26.4 Å². The molecule has 0 bridgehead atoms. The van der Waals surface area contributed by atoms with Gasteiger partial charge in [0, 0.05) is 25.7 Å². The van der Waals surface area contributed by atoms with Crippen molar-refractivity contribution < 1.29 is 80.2 Å². The third-order valence-corrected chi connectivity index (χ3v) is 19.2. The van der Waals surface area contributed by atoms with E-state index < -0.39 is 97.5 Å². The smallest absolute Gasteiger partial charge is 0.462 e. The number of aliphatic hydroxyl groups is 1. The number of esters is 4. The second-order valence-corrected chi connectivity index (χ2v) is 30.3. The topological polar surface area (TPSA) is 237 Å². The summed E-state index contributed by atoms with van der Waals surface area (Å²) in [4.78, 5) is 73.0. The quantitative estimate of drug-likeness (QED) is 0.0169. The molecule has 0 aromatic carbocycles. The zero-order valence-electron chi connectivity index (χ0n) is 64.8. The van der Waals surface area contributed by atoms with Crippen LogP contribution in [-0.4, -0.2) is 96.7 Å². The Labute approximate surface area is 621 Å². The van der Waals surface area contributed by atoms with E-state index in [1.807, 2.05) is 12.2 Å². The summed E-state index contributed by atoms with van der Waals surface area (Å²) >= 11 is 0. The Hall–Kier alpha value is -3.76. The van der Waals surface area contributed by atoms with Crippen LogP contribution in [0.1, 0.15) is 362 Å². The molecule has 0 aliphatic carbocycles. The van der Waals surface area contributed by atoms with Gasteiger partial charge in [-0.25, -0.2) is 9.13 Å². The fourth-order valence-corrected chi connectivity index (χ4v) is 12.6. The molecule has 2 unspecified atom stereocenters. The maximum absolute atomic E-state index is 13.1. The number of allylic oxidation sites excluding steroid dienone is 14. The van der Waals surface area contributed by atoms with Crippen LogP contribution in [-0.2, 0) is 65.4 Å². The molecule has 3 N–H and O–H groups in total. The molecule has 17 nitrogen and oxygen atoms in total. The van der Waals surface area contributed by atoms with Gasteiger partial charge in [-0.05, 0) is 122 Å². The van der Waals surface area contributed by atoms with E-state index in [1.54, 1.807) is 0 Å². The Morgan fingerprint density at radius 2 is 0.490 bits per heavy atom. The Balaban J connectivity index is 5.40. The normalized spacial score (nSPS) is 14.3. The number of aliphatic hydroxyl groups excluding tert-OH is 1. The number of phosphoric ester groups is 2. The lowest BCUT2D eigenvalue weighted by molar-refractivity contribution is -0.161. The standard InChI is InChI=1S/C83H148O17P2/c1-5-9-13-17-21-25-29-33-37-38-42-44-48-52-56-60-64-68-81(86)94-74-79(100-83(88)70-66-62-58-54-50-46-41-36-32-28-24-20-16-12-8-4)76-98-102(91,92)96-72-77(84)71-95-101(89,90)97-75-78(99-82(87)69-65-61-57-53-49-45-40-35-31-27-23-19-15-11-7-3)73-93-80(85)67-63-59-55-51-47-43-39-34-30-26-22-18-14-10-6-2/h21,24-25,28,33-34,36-37,39,41-42,44,52,56,77-79,84H,5-20,22-23,26-27,29-32,35,38,40,43,45-51,53-55,57-76H2,1-4H3,(H,89,90)(H,91,92)/b25-21-,28-24-,37-33-,39-34-,41-36-,44-42-,56-52-/t77-,78-,79-/m1/s1. The van der Waals surface area contributed by atoms with Crippen molar-refractivity contribution >= 4 is 39.5 Å². The molecule has 0 rings (SSSR count). The second kappa shape index (κ2) is 75.5. The third-order valence-electron chi connectivity index (χ3n) is 17.3. The van der Waals surface area contributed by atoms with Crippen molar-refractivity contribution in [2.75, 3.05) is 39.6 Å². The molecular formula is C83H148O17P2. The van der Waals surface area contributed by atoms with Crippen LogP contribution < -0.4 is 0 Å². The summed E-state index contributed by atoms with van der Waals surface area (Å²) in [6, 6.07) is 0. The summed E-state index contributed by atoms with van der Waals surface area (Å²) in [7, 11) is -9.97. The number of unbranched alkanes of at least 4 members (excludes halogenated alkanes) is 37. The molecule has 0 heterocycles. The minimum atomic E-state index is -4.99. The monoisotopic (exact) mass is 1480 g/mol. The summed E-state index contributed by atoms with van der Waals surface area (Å²) in [6.45, 7) is 4.79. The lowest BCUT2D eigenvalue weighted by Crippen LogP contribution is -2.30. The van der Waals surface area contributed by atoms with E-state index in [0.29, 0.717) is 32.1 Å². The average Bonchev–Trinajstić information content (AvgIpc) is 0.923. The minimum absolute atomic E-state index is 0.0685. The SMILES string of the molecule is CCCCC/C=C\C/C=C\C/C=C\C/C=C\CCCC(=O)OC[C@H](COP(=O)(O)OC[C@H](O)COP(=O)(O)OC[C@@H](COC(=O)CCCCCCC/C=C\CCCCCCCC)OC(=O)CCCCCCCCCCCCCCCCC)OC(=O)CCCCCCC/C=C\C/C=C\CCCCC. The molecular weight excluding hydrogens is 1330 g/mol. The highest BCUT2D eigenvalue weighted by molar-refractivity contribution is 7.47. The van der Waals surface area contributed by atoms with Crippen molar-refractivity contribution in [1.82, 2.24) is 0 Å². The Bertz CT molecular complexity index is 2260. The van der Waals surface area contributed by atoms with Gasteiger partial charge in [0.25, 0.3) is 0 Å². The predicted molar refractivity (Wildman–Crippen MR) is 418 cm³/mol. The largest absolute Gasteiger partial charge is 0.472 e. The van der Waals surface area contributed by atoms with Crippen LogP contribution in [0.5, 0.6) is 0 Å². The molecule has 0 radical (unpaired) electrons. The van der Waals surface area contributed by atoms with Gasteiger partial charge in [-0.3, -0.25) is 37.3 Å². The Kier molecular flexibility index (Phi) is 72.7. The molecule has 592 valence electrons. The Morgan fingerprint density at radius 3 is 0.804 bits per heavy atom. The third kappa shape index (κ3) is 74.5. The van der Waals surface area contributed by atoms with Gasteiger partial charge in [-0.2, -0.15) is 0 Å². The summed E-state index contributed by atoms with van der Waals surface area (Å²) in [5, 5.41) is 10.6. The van der Waals surface area contributed by atoms with Crippen LogP contribution in [0.25, 0.3) is 0 Å². The van der Waals surface area contributed by atoms with Crippen LogP contribution in [0.4, 0.5) is 0 Å². The molecule has 0 fully saturated rings. The predicted octanol–water partition coefficient (Wildman–Crippen LogP) is 23.8. The molecule has 0 amide bonds. The van der Waals surface area contributed by atoms with E-state index in [9.17, 15) is 43.2 Å². The van der Waals surface area contributed by atoms with Gasteiger partial charge < -0.3 is 33.8 Å². The first-order valence-electron chi connectivity index (χ1n) is 40.8. The average molecular weight is 1480 g/mol. The van der Waals surface area contributed by atoms with Gasteiger partial charge in [-0.15, -0.1) is 0 Å². The number of ether oxygens (including phenoxy) is 4. The van der Waals surface area contributed by atoms with E-state index in [0.717, 1.165) is 135 Å². The van der Waals surface area contributed by atoms with Gasteiger partial charge >= 0.3 is 39.5 Å². The zero-order valence-corrected chi connectivity index (χ0v) is 66.6. The number of phosphoric acid groups is 2. The molecule has 0 saturated heterocycles. The molecule has 0 spiro atoms. The Morgan fingerprint density at radius 1 is 0.275 bits per heavy atom. The van der Waals surface area contributed by atoms with Crippen molar-refractivity contribution in [3.8, 4) is 0 Å². The highest BCUT2D eigenvalue weighted by Gasteiger charge is 2.30. The number of hydrogen-bond donors (Lipinski definition) is 3. The molecule has 5 atom stereocenters. The fourth-order valence-electron chi connectivity index (χ4n) is 11.1. The first-order chi connectivity index (χ1) is 49.7. The van der Waals surface area contributed by atoms with Crippen molar-refractivity contribution in [2.45, 2.75) is 380 Å². The van der Waals surface area contributed by atoms with Crippen molar-refractivity contribution in [2.24, 2.45) is 0 Å². The molecule has 102 heavy (non-hydrogen) atoms. The van der Waals surface area contributed by atoms with E-state index in [2.05, 4.69) is 101 Å². The highest BCUT2D eigenvalue weighted by Crippen LogP contribution is 2.45. The molecule has 0 saturated carbocycles. The van der Waals surface area contributed by atoms with E-state index in [-0.39, 0.29) is 25.7 Å². The van der Waals surface area contributed by atoms with Crippen molar-refractivity contribution in [3.05, 3.63) is 85.1 Å². The summed E-state index contributed by atoms with van der Waals surface area (Å²) in [5.41, 5.74) is 0. The van der Waals surface area contributed by atoms with Crippen LogP contribution in [0.3, 0.4) is 0 Å². The van der Waals surface area contributed by atoms with E-state index in [4.69, 9.17) is 37.0 Å². The van der Waals surface area contributed by atoms with Crippen molar-refractivity contribution in [3.63, 3.8) is 0 Å². The van der Waals surface area contributed by atoms with Crippen LogP contribution in [0, 0.1) is 0 Å². The summed E-state index contributed by atoms with van der Waals surface area (Å²) in [5.74, 6) is -2.24. The van der Waals surface area contributed by atoms with Gasteiger partial charge in [0.2, 0.25) is 0 Å². The molecule has 19 heteroatoms. The molecule has 0 aliphatic rings. The first-order valence-corrected chi connectivity index (χ1v) is 43.8. The maximum atomic E-state index is 13.1. The highest BCUT2D eigenvalue weighted by atomic mass is 31.2. The second-order valence-electron chi connectivity index (χ2n) is 27.4. The van der Waals surface area contributed by atoms with Crippen LogP contribution >= 0.6 is 15.6 Å². The summed E-state index contributed by atoms with van der Waals surface area (Å²) in [6.07, 6.45) is 78.4. The van der Waals surface area contributed by atoms with E-state index >= 15 is 0 Å². The number of hydrogen-bond acceptors (Lipinski definition) is 15. The molecule has 0 aliphatic heterocycles. The minimum Gasteiger partial charge on any atom is -0.462 e. The fraction of sp³-hybridized carbons (Fsp3) is 0.783. The van der Waals surface area contributed by atoms with Gasteiger partial charge in [-0.1, -0.05) is 299 Å². The van der Waals surface area contributed by atoms with Gasteiger partial charge in [0.15, 0.2) is 12.2 Å². The lowest BCUT2D eigenvalue weighted by atomic mass is 10.0. The maximum Gasteiger partial charge on any atom is 0.472 e. The summed E-state index contributed by atoms with van der Waals surface area (Å²) < 4.78 is 68.6. The molecule has 0 aromatic rings. The van der Waals surface area contributed by atoms with Crippen LogP contribution in [0.2, 0.25) is 0 Å². The zero-order chi connectivity index (χ0) is 74.6.